The van der Waals surface area contributed by atoms with Crippen molar-refractivity contribution in [3.8, 4) is 0 Å². The van der Waals surface area contributed by atoms with E-state index in [1.807, 2.05) is 27.7 Å². The van der Waals surface area contributed by atoms with E-state index in [0.29, 0.717) is 44.6 Å². The summed E-state index contributed by atoms with van der Waals surface area (Å²) in [7, 11) is 1.19. The molecular formula is C36H57N3O12. The Morgan fingerprint density at radius 1 is 0.784 bits per heavy atom. The maximum absolute atomic E-state index is 13.2. The molecule has 2 saturated heterocycles. The molecule has 0 aliphatic carbocycles. The molecule has 1 aromatic rings. The Hall–Kier alpha value is -2.85. The molecule has 0 bridgehead atoms. The second-order valence-electron chi connectivity index (χ2n) is 12.5. The van der Waals surface area contributed by atoms with Crippen molar-refractivity contribution in [2.75, 3.05) is 40.1 Å². The molecular weight excluding hydrogens is 666 g/mol. The molecule has 4 unspecified atom stereocenters. The summed E-state index contributed by atoms with van der Waals surface area (Å²) in [5.74, 6) is -1.39. The number of esters is 2. The van der Waals surface area contributed by atoms with E-state index in [-0.39, 0.29) is 13.2 Å². The van der Waals surface area contributed by atoms with Gasteiger partial charge in [-0.1, -0.05) is 76.7 Å². The molecule has 0 aromatic heterocycles. The maximum atomic E-state index is 13.2. The van der Waals surface area contributed by atoms with E-state index in [0.717, 1.165) is 32.1 Å². The van der Waals surface area contributed by atoms with Crippen LogP contribution in [0.5, 0.6) is 0 Å². The van der Waals surface area contributed by atoms with Crippen LogP contribution in [-0.4, -0.2) is 119 Å². The van der Waals surface area contributed by atoms with Gasteiger partial charge >= 0.3 is 11.9 Å². The first-order valence-corrected chi connectivity index (χ1v) is 18.3. The van der Waals surface area contributed by atoms with Crippen molar-refractivity contribution in [3.63, 3.8) is 0 Å². The molecule has 0 amide bonds. The molecule has 0 spiro atoms. The van der Waals surface area contributed by atoms with E-state index in [4.69, 9.17) is 42.6 Å². The van der Waals surface area contributed by atoms with Crippen LogP contribution in [0.4, 0.5) is 0 Å². The Morgan fingerprint density at radius 3 is 1.88 bits per heavy atom. The average molecular weight is 724 g/mol. The lowest BCUT2D eigenvalue weighted by Gasteiger charge is -2.48. The summed E-state index contributed by atoms with van der Waals surface area (Å²) in [6.45, 7) is 9.04. The predicted octanol–water partition coefficient (Wildman–Crippen LogP) is 5.26. The topological polar surface area (TPSA) is 186 Å². The second-order valence-corrected chi connectivity index (χ2v) is 12.5. The zero-order valence-corrected chi connectivity index (χ0v) is 30.6. The highest BCUT2D eigenvalue weighted by atomic mass is 16.7. The van der Waals surface area contributed by atoms with Gasteiger partial charge in [-0.15, -0.1) is 0 Å². The van der Waals surface area contributed by atoms with Crippen molar-refractivity contribution < 1.29 is 57.3 Å². The highest BCUT2D eigenvalue weighted by molar-refractivity contribution is 5.89. The number of ether oxygens (including phenoxy) is 9. The zero-order valence-electron chi connectivity index (χ0n) is 30.6. The second kappa shape index (κ2) is 23.7. The van der Waals surface area contributed by atoms with Crippen LogP contribution in [0.15, 0.2) is 35.4 Å². The number of nitrogens with zero attached hydrogens (tertiary/aromatic N) is 3. The number of carbonyl (C=O) groups is 2. The van der Waals surface area contributed by atoms with Gasteiger partial charge in [-0.3, -0.25) is 0 Å². The number of azide groups is 1. The van der Waals surface area contributed by atoms with Gasteiger partial charge in [0, 0.05) is 31.3 Å². The molecule has 10 atom stereocenters. The minimum Gasteiger partial charge on any atom is -0.467 e. The van der Waals surface area contributed by atoms with E-state index in [1.54, 1.807) is 30.3 Å². The summed E-state index contributed by atoms with van der Waals surface area (Å²) in [6, 6.07) is 7.41. The average Bonchev–Trinajstić information content (AvgIpc) is 3.14. The third kappa shape index (κ3) is 12.7. The monoisotopic (exact) mass is 723 g/mol. The normalized spacial score (nSPS) is 29.2. The molecule has 1 aromatic carbocycles. The van der Waals surface area contributed by atoms with Crippen LogP contribution in [0.3, 0.4) is 0 Å². The lowest BCUT2D eigenvalue weighted by molar-refractivity contribution is -0.346. The number of aliphatic hydroxyl groups excluding tert-OH is 1. The van der Waals surface area contributed by atoms with Crippen LogP contribution in [-0.2, 0) is 47.4 Å². The third-order valence-electron chi connectivity index (χ3n) is 8.66. The summed E-state index contributed by atoms with van der Waals surface area (Å²) in [4.78, 5) is 29.3. The zero-order chi connectivity index (χ0) is 37.0. The number of benzene rings is 1. The SMILES string of the molecule is CCCCOC1[C@@H](OCCCC)[C@H](O[C@H]2OC(COC(=O)c3ccccc3)[C@@H](OCCCC)[C@H](OCCCC)C2N=[N+]=[N-])C(C(=O)OC)O[C@@H]1O. The summed E-state index contributed by atoms with van der Waals surface area (Å²) in [5, 5.41) is 15.1. The molecule has 3 rings (SSSR count). The smallest absolute Gasteiger partial charge is 0.338 e. The van der Waals surface area contributed by atoms with Gasteiger partial charge in [0.25, 0.3) is 0 Å². The molecule has 15 nitrogen and oxygen atoms in total. The first-order valence-electron chi connectivity index (χ1n) is 18.3. The molecule has 0 saturated carbocycles. The van der Waals surface area contributed by atoms with Crippen molar-refractivity contribution in [1.29, 1.82) is 0 Å². The Morgan fingerprint density at radius 2 is 1.33 bits per heavy atom. The Kier molecular flexibility index (Phi) is 19.7. The standard InChI is InChI=1S/C36H57N3O12/c1-6-10-19-44-27-25(23-48-33(40)24-17-15-14-16-18-24)49-36(26(38-39-37)28(27)45-20-11-7-2)51-30-29(46-21-12-8-3)31(47-22-13-9-4)35(42)50-32(30)34(41)43-5/h14-18,25-32,35-36,42H,6-13,19-23H2,1-5H3/t25?,26?,27-,28-,29+,30+,31?,32?,35+,36-/m1/s1. The van der Waals surface area contributed by atoms with E-state index in [1.165, 1.54) is 7.11 Å². The maximum Gasteiger partial charge on any atom is 0.338 e. The fraction of sp³-hybridized carbons (Fsp3) is 0.778. The molecule has 2 aliphatic rings. The number of methoxy groups -OCH3 is 1. The summed E-state index contributed by atoms with van der Waals surface area (Å²) < 4.78 is 54.7. The number of unbranched alkanes of at least 4 members (excludes halogenated alkanes) is 4. The summed E-state index contributed by atoms with van der Waals surface area (Å²) >= 11 is 0. The molecule has 2 fully saturated rings. The van der Waals surface area contributed by atoms with Crippen molar-refractivity contribution >= 4 is 11.9 Å². The van der Waals surface area contributed by atoms with Crippen LogP contribution in [0.2, 0.25) is 0 Å². The number of hydrogen-bond donors (Lipinski definition) is 1. The van der Waals surface area contributed by atoms with Gasteiger partial charge in [0.2, 0.25) is 0 Å². The first kappa shape index (κ1) is 42.6. The van der Waals surface area contributed by atoms with Crippen LogP contribution >= 0.6 is 0 Å². The van der Waals surface area contributed by atoms with Gasteiger partial charge in [-0.2, -0.15) is 0 Å². The fourth-order valence-corrected chi connectivity index (χ4v) is 5.79. The van der Waals surface area contributed by atoms with Crippen molar-refractivity contribution in [1.82, 2.24) is 0 Å². The molecule has 15 heteroatoms. The molecule has 288 valence electrons. The number of aliphatic hydroxyl groups is 1. The van der Waals surface area contributed by atoms with Crippen LogP contribution < -0.4 is 0 Å². The van der Waals surface area contributed by atoms with Gasteiger partial charge in [-0.05, 0) is 43.3 Å². The molecule has 2 aliphatic heterocycles. The number of carbonyl (C=O) groups excluding carboxylic acids is 2. The highest BCUT2D eigenvalue weighted by Gasteiger charge is 2.55. The van der Waals surface area contributed by atoms with Gasteiger partial charge in [0.1, 0.15) is 43.2 Å². The van der Waals surface area contributed by atoms with Gasteiger partial charge < -0.3 is 47.7 Å². The summed E-state index contributed by atoms with van der Waals surface area (Å²) in [5.41, 5.74) is 10.1. The fourth-order valence-electron chi connectivity index (χ4n) is 5.79. The van der Waals surface area contributed by atoms with Gasteiger partial charge in [-0.25, -0.2) is 9.59 Å². The Bertz CT molecular complexity index is 1190. The van der Waals surface area contributed by atoms with E-state index < -0.39 is 73.3 Å². The Labute approximate surface area is 301 Å². The van der Waals surface area contributed by atoms with Gasteiger partial charge in [0.05, 0.1) is 18.8 Å². The minimum absolute atomic E-state index is 0.250. The lowest BCUT2D eigenvalue weighted by Crippen LogP contribution is -2.66. The molecule has 0 radical (unpaired) electrons. The largest absolute Gasteiger partial charge is 0.467 e. The van der Waals surface area contributed by atoms with Crippen LogP contribution in [0.25, 0.3) is 10.4 Å². The third-order valence-corrected chi connectivity index (χ3v) is 8.66. The van der Waals surface area contributed by atoms with E-state index in [9.17, 15) is 20.2 Å². The minimum atomic E-state index is -1.54. The van der Waals surface area contributed by atoms with E-state index >= 15 is 0 Å². The molecule has 2 heterocycles. The summed E-state index contributed by atoms with van der Waals surface area (Å²) in [6.07, 6.45) is -4.15. The van der Waals surface area contributed by atoms with E-state index in [2.05, 4.69) is 10.0 Å². The lowest BCUT2D eigenvalue weighted by atomic mass is 9.95. The van der Waals surface area contributed by atoms with Gasteiger partial charge in [0.15, 0.2) is 18.7 Å². The van der Waals surface area contributed by atoms with Crippen molar-refractivity contribution in [3.05, 3.63) is 46.3 Å². The number of hydrogen-bond acceptors (Lipinski definition) is 13. The van der Waals surface area contributed by atoms with Crippen LogP contribution in [0, 0.1) is 0 Å². The molecule has 51 heavy (non-hydrogen) atoms. The van der Waals surface area contributed by atoms with Crippen molar-refractivity contribution in [2.45, 2.75) is 140 Å². The van der Waals surface area contributed by atoms with Crippen LogP contribution in [0.1, 0.15) is 89.4 Å². The highest BCUT2D eigenvalue weighted by Crippen LogP contribution is 2.35. The quantitative estimate of drug-likeness (QED) is 0.0508. The predicted molar refractivity (Wildman–Crippen MR) is 185 cm³/mol. The van der Waals surface area contributed by atoms with Crippen molar-refractivity contribution in [2.24, 2.45) is 5.11 Å². The first-order chi connectivity index (χ1) is 24.8. The number of rotatable bonds is 23. The Balaban J connectivity index is 2.05. The molecule has 1 N–H and O–H groups in total.